The first-order valence-corrected chi connectivity index (χ1v) is 5.41. The molecule has 0 radical (unpaired) electrons. The summed E-state index contributed by atoms with van der Waals surface area (Å²) in [5.41, 5.74) is 5.74. The Bertz CT molecular complexity index is 350. The number of aromatic nitrogens is 2. The molecule has 5 heteroatoms. The van der Waals surface area contributed by atoms with Gasteiger partial charge in [0.2, 0.25) is 0 Å². The molecule has 0 saturated carbocycles. The Hall–Kier alpha value is -1.65. The molecule has 88 valence electrons. The molecule has 0 fully saturated rings. The maximum Gasteiger partial charge on any atom is 0.274 e. The molecule has 0 saturated heterocycles. The second-order valence-electron chi connectivity index (χ2n) is 3.88. The van der Waals surface area contributed by atoms with Crippen LogP contribution in [0.2, 0.25) is 0 Å². The molecule has 1 atom stereocenters. The van der Waals surface area contributed by atoms with Crippen LogP contribution in [-0.2, 0) is 0 Å². The molecule has 0 bridgehead atoms. The number of rotatable bonds is 4. The monoisotopic (exact) mass is 222 g/mol. The predicted molar refractivity (Wildman–Crippen MR) is 62.9 cm³/mol. The summed E-state index contributed by atoms with van der Waals surface area (Å²) in [6, 6.07) is 0.205. The van der Waals surface area contributed by atoms with Crippen molar-refractivity contribution in [3.05, 3.63) is 18.1 Å². The van der Waals surface area contributed by atoms with Crippen molar-refractivity contribution >= 4 is 11.7 Å². The minimum absolute atomic E-state index is 0.117. The summed E-state index contributed by atoms with van der Waals surface area (Å²) < 4.78 is 0. The summed E-state index contributed by atoms with van der Waals surface area (Å²) in [5.74, 6) is 0.203. The van der Waals surface area contributed by atoms with Crippen molar-refractivity contribution in [1.82, 2.24) is 14.9 Å². The van der Waals surface area contributed by atoms with Gasteiger partial charge < -0.3 is 10.6 Å². The molecule has 5 nitrogen and oxygen atoms in total. The molecule has 16 heavy (non-hydrogen) atoms. The number of nitrogens with zero attached hydrogens (tertiary/aromatic N) is 3. The number of nitrogen functional groups attached to an aromatic ring is 1. The summed E-state index contributed by atoms with van der Waals surface area (Å²) in [5, 5.41) is 0. The van der Waals surface area contributed by atoms with Crippen LogP contribution in [0.5, 0.6) is 0 Å². The Kier molecular flexibility index (Phi) is 4.22. The third-order valence-corrected chi connectivity index (χ3v) is 2.58. The third-order valence-electron chi connectivity index (χ3n) is 2.58. The van der Waals surface area contributed by atoms with Gasteiger partial charge in [-0.1, -0.05) is 13.3 Å². The molecule has 0 spiro atoms. The number of nitrogens with two attached hydrogens (primary N) is 1. The first kappa shape index (κ1) is 12.4. The standard InChI is InChI=1S/C11H18N4O/c1-4-5-8(2)15(3)11(16)9-6-14-10(12)7-13-9/h6-8H,4-5H2,1-3H3,(H2,12,14). The maximum absolute atomic E-state index is 12.0. The van der Waals surface area contributed by atoms with Gasteiger partial charge in [-0.15, -0.1) is 0 Å². The fourth-order valence-electron chi connectivity index (χ4n) is 1.44. The van der Waals surface area contributed by atoms with Crippen LogP contribution in [-0.4, -0.2) is 33.9 Å². The van der Waals surface area contributed by atoms with Gasteiger partial charge in [0.15, 0.2) is 0 Å². The summed E-state index contributed by atoms with van der Waals surface area (Å²) in [6.45, 7) is 4.12. The van der Waals surface area contributed by atoms with Gasteiger partial charge in [0.05, 0.1) is 12.4 Å². The third kappa shape index (κ3) is 2.92. The van der Waals surface area contributed by atoms with Gasteiger partial charge in [-0.25, -0.2) is 9.97 Å². The molecule has 1 amide bonds. The Morgan fingerprint density at radius 3 is 2.69 bits per heavy atom. The van der Waals surface area contributed by atoms with Crippen LogP contribution in [0, 0.1) is 0 Å². The Morgan fingerprint density at radius 2 is 2.19 bits per heavy atom. The zero-order chi connectivity index (χ0) is 12.1. The first-order valence-electron chi connectivity index (χ1n) is 5.41. The van der Waals surface area contributed by atoms with Gasteiger partial charge in [0.25, 0.3) is 5.91 Å². The van der Waals surface area contributed by atoms with E-state index in [1.165, 1.54) is 12.4 Å². The number of amides is 1. The molecule has 2 N–H and O–H groups in total. The van der Waals surface area contributed by atoms with E-state index >= 15 is 0 Å². The van der Waals surface area contributed by atoms with Gasteiger partial charge >= 0.3 is 0 Å². The van der Waals surface area contributed by atoms with E-state index in [1.54, 1.807) is 11.9 Å². The topological polar surface area (TPSA) is 72.1 Å². The Morgan fingerprint density at radius 1 is 1.50 bits per heavy atom. The summed E-state index contributed by atoms with van der Waals surface area (Å²) in [6.07, 6.45) is 4.83. The summed E-state index contributed by atoms with van der Waals surface area (Å²) in [4.78, 5) is 21.5. The Labute approximate surface area is 95.7 Å². The van der Waals surface area contributed by atoms with Crippen molar-refractivity contribution < 1.29 is 4.79 Å². The largest absolute Gasteiger partial charge is 0.382 e. The van der Waals surface area contributed by atoms with Crippen LogP contribution in [0.3, 0.4) is 0 Å². The number of carbonyl (C=O) groups is 1. The highest BCUT2D eigenvalue weighted by Gasteiger charge is 2.17. The summed E-state index contributed by atoms with van der Waals surface area (Å²) in [7, 11) is 1.78. The lowest BCUT2D eigenvalue weighted by Crippen LogP contribution is -2.35. The highest BCUT2D eigenvalue weighted by molar-refractivity contribution is 5.92. The number of anilines is 1. The van der Waals surface area contributed by atoms with Crippen LogP contribution in [0.25, 0.3) is 0 Å². The van der Waals surface area contributed by atoms with E-state index in [-0.39, 0.29) is 11.9 Å². The van der Waals surface area contributed by atoms with Crippen LogP contribution in [0.15, 0.2) is 12.4 Å². The number of hydrogen-bond acceptors (Lipinski definition) is 4. The molecule has 0 aliphatic heterocycles. The van der Waals surface area contributed by atoms with E-state index in [0.717, 1.165) is 12.8 Å². The molecule has 1 rings (SSSR count). The number of carbonyl (C=O) groups excluding carboxylic acids is 1. The molecule has 1 heterocycles. The van der Waals surface area contributed by atoms with Crippen LogP contribution in [0.4, 0.5) is 5.82 Å². The highest BCUT2D eigenvalue weighted by Crippen LogP contribution is 2.08. The van der Waals surface area contributed by atoms with Crippen molar-refractivity contribution in [2.45, 2.75) is 32.7 Å². The molecule has 1 aromatic heterocycles. The van der Waals surface area contributed by atoms with E-state index in [1.807, 2.05) is 6.92 Å². The van der Waals surface area contributed by atoms with Gasteiger partial charge in [-0.05, 0) is 13.3 Å². The lowest BCUT2D eigenvalue weighted by molar-refractivity contribution is 0.0730. The molecular formula is C11H18N4O. The van der Waals surface area contributed by atoms with Crippen molar-refractivity contribution in [2.75, 3.05) is 12.8 Å². The maximum atomic E-state index is 12.0. The molecular weight excluding hydrogens is 204 g/mol. The van der Waals surface area contributed by atoms with Crippen LogP contribution < -0.4 is 5.73 Å². The SMILES string of the molecule is CCCC(C)N(C)C(=O)c1cnc(N)cn1. The van der Waals surface area contributed by atoms with E-state index in [4.69, 9.17) is 5.73 Å². The van der Waals surface area contributed by atoms with Crippen molar-refractivity contribution in [1.29, 1.82) is 0 Å². The smallest absolute Gasteiger partial charge is 0.274 e. The quantitative estimate of drug-likeness (QED) is 0.834. The Balaban J connectivity index is 2.73. The minimum Gasteiger partial charge on any atom is -0.382 e. The van der Waals surface area contributed by atoms with Crippen molar-refractivity contribution in [3.8, 4) is 0 Å². The van der Waals surface area contributed by atoms with Crippen LogP contribution in [0.1, 0.15) is 37.2 Å². The fraction of sp³-hybridized carbons (Fsp3) is 0.545. The zero-order valence-electron chi connectivity index (χ0n) is 9.97. The second-order valence-corrected chi connectivity index (χ2v) is 3.88. The molecule has 0 aliphatic rings. The van der Waals surface area contributed by atoms with E-state index < -0.39 is 0 Å². The van der Waals surface area contributed by atoms with Crippen LogP contribution >= 0.6 is 0 Å². The second kappa shape index (κ2) is 5.44. The lowest BCUT2D eigenvalue weighted by atomic mass is 10.1. The molecule has 1 aromatic rings. The zero-order valence-corrected chi connectivity index (χ0v) is 9.97. The highest BCUT2D eigenvalue weighted by atomic mass is 16.2. The van der Waals surface area contributed by atoms with E-state index in [2.05, 4.69) is 16.9 Å². The minimum atomic E-state index is -0.117. The fourth-order valence-corrected chi connectivity index (χ4v) is 1.44. The van der Waals surface area contributed by atoms with Crippen molar-refractivity contribution in [3.63, 3.8) is 0 Å². The first-order chi connectivity index (χ1) is 7.56. The van der Waals surface area contributed by atoms with Gasteiger partial charge in [-0.2, -0.15) is 0 Å². The molecule has 0 aromatic carbocycles. The van der Waals surface area contributed by atoms with E-state index in [9.17, 15) is 4.79 Å². The number of hydrogen-bond donors (Lipinski definition) is 1. The van der Waals surface area contributed by atoms with Gasteiger partial charge in [0.1, 0.15) is 11.5 Å². The van der Waals surface area contributed by atoms with Gasteiger partial charge in [0, 0.05) is 13.1 Å². The van der Waals surface area contributed by atoms with Crippen molar-refractivity contribution in [2.24, 2.45) is 0 Å². The van der Waals surface area contributed by atoms with E-state index in [0.29, 0.717) is 11.5 Å². The predicted octanol–water partition coefficient (Wildman–Crippen LogP) is 1.32. The van der Waals surface area contributed by atoms with Gasteiger partial charge in [-0.3, -0.25) is 4.79 Å². The average molecular weight is 222 g/mol. The molecule has 0 aliphatic carbocycles. The molecule has 1 unspecified atom stereocenters. The lowest BCUT2D eigenvalue weighted by Gasteiger charge is -2.24. The summed E-state index contributed by atoms with van der Waals surface area (Å²) >= 11 is 0. The average Bonchev–Trinajstić information content (AvgIpc) is 2.28. The normalized spacial score (nSPS) is 12.2.